The van der Waals surface area contributed by atoms with Crippen LogP contribution < -0.4 is 0 Å². The van der Waals surface area contributed by atoms with Crippen molar-refractivity contribution < 1.29 is 42.5 Å². The molecule has 0 amide bonds. The highest BCUT2D eigenvalue weighted by atomic mass is 32.2. The molecule has 1 rings (SSSR count). The summed E-state index contributed by atoms with van der Waals surface area (Å²) in [5.41, 5.74) is 0. The van der Waals surface area contributed by atoms with Crippen LogP contribution in [0.1, 0.15) is 38.5 Å². The van der Waals surface area contributed by atoms with E-state index < -0.39 is 35.8 Å². The smallest absolute Gasteiger partial charge is 0.415 e. The van der Waals surface area contributed by atoms with Gasteiger partial charge in [-0.15, -0.1) is 4.33 Å². The van der Waals surface area contributed by atoms with Gasteiger partial charge in [-0.2, -0.15) is 8.78 Å². The predicted molar refractivity (Wildman–Crippen MR) is 65.9 cm³/mol. The zero-order valence-electron chi connectivity index (χ0n) is 11.1. The number of halogens is 2. The summed E-state index contributed by atoms with van der Waals surface area (Å²) in [6.07, 6.45) is 5.18. The first-order valence-electron chi connectivity index (χ1n) is 6.36. The molecule has 0 radical (unpaired) electrons. The summed E-state index contributed by atoms with van der Waals surface area (Å²) in [6, 6.07) is 0. The van der Waals surface area contributed by atoms with Crippen LogP contribution in [-0.2, 0) is 28.4 Å². The van der Waals surface area contributed by atoms with E-state index in [1.807, 2.05) is 0 Å². The molecule has 0 aromatic carbocycles. The van der Waals surface area contributed by atoms with E-state index in [1.54, 1.807) is 0 Å². The lowest BCUT2D eigenvalue weighted by Crippen LogP contribution is -2.30. The van der Waals surface area contributed by atoms with Crippen LogP contribution in [0.3, 0.4) is 0 Å². The van der Waals surface area contributed by atoms with Gasteiger partial charge >= 0.3 is 17.2 Å². The second kappa shape index (κ2) is 9.13. The first-order valence-corrected chi connectivity index (χ1v) is 7.10. The number of ether oxygens (including phenoxy) is 2. The Balaban J connectivity index is 2.29. The van der Waals surface area contributed by atoms with Gasteiger partial charge in [0.05, 0.1) is 0 Å². The molecule has 1 N–H and O–H groups in total. The SMILES string of the molecule is O=C(COC(=O)C(F)(F)SOOO)OC1CCCCCC1. The summed E-state index contributed by atoms with van der Waals surface area (Å²) in [5, 5.41) is 6.56. The second-order valence-electron chi connectivity index (χ2n) is 4.42. The summed E-state index contributed by atoms with van der Waals surface area (Å²) < 4.78 is 38.6. The van der Waals surface area contributed by atoms with Crippen LogP contribution in [0.5, 0.6) is 0 Å². The molecule has 0 unspecified atom stereocenters. The number of esters is 2. The zero-order chi connectivity index (χ0) is 15.7. The molecule has 21 heavy (non-hydrogen) atoms. The van der Waals surface area contributed by atoms with E-state index in [0.29, 0.717) is 12.8 Å². The van der Waals surface area contributed by atoms with Crippen molar-refractivity contribution >= 4 is 24.0 Å². The van der Waals surface area contributed by atoms with E-state index in [2.05, 4.69) is 14.1 Å². The molecule has 1 saturated carbocycles. The van der Waals surface area contributed by atoms with Crippen molar-refractivity contribution in [3.63, 3.8) is 0 Å². The molecule has 1 fully saturated rings. The third kappa shape index (κ3) is 7.02. The van der Waals surface area contributed by atoms with Crippen molar-refractivity contribution in [1.29, 1.82) is 0 Å². The Morgan fingerprint density at radius 3 is 2.38 bits per heavy atom. The van der Waals surface area contributed by atoms with Crippen molar-refractivity contribution in [1.82, 2.24) is 0 Å². The average molecular weight is 330 g/mol. The van der Waals surface area contributed by atoms with E-state index in [0.717, 1.165) is 25.7 Å². The summed E-state index contributed by atoms with van der Waals surface area (Å²) in [7, 11) is 0. The van der Waals surface area contributed by atoms with Gasteiger partial charge < -0.3 is 9.47 Å². The molecular formula is C11H16F2O7S. The fourth-order valence-corrected chi connectivity index (χ4v) is 2.12. The fraction of sp³-hybridized carbons (Fsp3) is 0.818. The molecule has 0 spiro atoms. The number of carbonyl (C=O) groups is 2. The Kier molecular flexibility index (Phi) is 7.86. The van der Waals surface area contributed by atoms with Crippen molar-refractivity contribution in [2.24, 2.45) is 0 Å². The van der Waals surface area contributed by atoms with Crippen molar-refractivity contribution in [3.8, 4) is 0 Å². The molecular weight excluding hydrogens is 314 g/mol. The van der Waals surface area contributed by atoms with E-state index >= 15 is 0 Å². The topological polar surface area (TPSA) is 91.3 Å². The van der Waals surface area contributed by atoms with E-state index in [-0.39, 0.29) is 6.10 Å². The highest BCUT2D eigenvalue weighted by Crippen LogP contribution is 2.31. The van der Waals surface area contributed by atoms with Gasteiger partial charge in [-0.05, 0) is 25.7 Å². The van der Waals surface area contributed by atoms with Gasteiger partial charge in [-0.25, -0.2) is 14.8 Å². The van der Waals surface area contributed by atoms with Gasteiger partial charge in [0.1, 0.15) is 18.1 Å². The molecule has 0 bridgehead atoms. The molecule has 10 heteroatoms. The highest BCUT2D eigenvalue weighted by Gasteiger charge is 2.44. The third-order valence-electron chi connectivity index (χ3n) is 2.83. The van der Waals surface area contributed by atoms with Crippen LogP contribution in [0.15, 0.2) is 0 Å². The molecule has 0 atom stereocenters. The van der Waals surface area contributed by atoms with Gasteiger partial charge in [0, 0.05) is 0 Å². The summed E-state index contributed by atoms with van der Waals surface area (Å²) >= 11 is -0.755. The number of hydrogen-bond donors (Lipinski definition) is 1. The van der Waals surface area contributed by atoms with Gasteiger partial charge in [0.25, 0.3) is 0 Å². The molecule has 122 valence electrons. The minimum Gasteiger partial charge on any atom is -0.460 e. The van der Waals surface area contributed by atoms with E-state index in [9.17, 15) is 18.4 Å². The van der Waals surface area contributed by atoms with Crippen LogP contribution in [-0.4, -0.2) is 35.2 Å². The largest absolute Gasteiger partial charge is 0.460 e. The van der Waals surface area contributed by atoms with Crippen LogP contribution in [0, 0.1) is 0 Å². The fourth-order valence-electron chi connectivity index (χ4n) is 1.88. The van der Waals surface area contributed by atoms with Crippen molar-refractivity contribution in [2.45, 2.75) is 49.9 Å². The monoisotopic (exact) mass is 330 g/mol. The second-order valence-corrected chi connectivity index (χ2v) is 5.24. The van der Waals surface area contributed by atoms with E-state index in [1.165, 1.54) is 0 Å². The Labute approximate surface area is 123 Å². The Bertz CT molecular complexity index is 345. The maximum Gasteiger partial charge on any atom is 0.415 e. The first-order chi connectivity index (χ1) is 9.95. The molecule has 0 aromatic rings. The molecule has 0 saturated heterocycles. The Morgan fingerprint density at radius 2 is 1.81 bits per heavy atom. The molecule has 1 aliphatic carbocycles. The highest BCUT2D eigenvalue weighted by molar-refractivity contribution is 7.96. The zero-order valence-corrected chi connectivity index (χ0v) is 11.9. The number of alkyl halides is 2. The number of carbonyl (C=O) groups excluding carboxylic acids is 2. The van der Waals surface area contributed by atoms with Crippen LogP contribution >= 0.6 is 12.0 Å². The van der Waals surface area contributed by atoms with Crippen LogP contribution in [0.4, 0.5) is 8.78 Å². The Morgan fingerprint density at radius 1 is 1.19 bits per heavy atom. The maximum absolute atomic E-state index is 13.0. The van der Waals surface area contributed by atoms with Crippen molar-refractivity contribution in [2.75, 3.05) is 6.61 Å². The standard InChI is InChI=1S/C11H16F2O7S/c12-11(13,21-20-19-16)10(15)17-7-9(14)18-8-5-3-1-2-4-6-8/h8,16H,1-7H2. The lowest BCUT2D eigenvalue weighted by Gasteiger charge is -2.16. The van der Waals surface area contributed by atoms with Gasteiger partial charge in [0.15, 0.2) is 6.61 Å². The number of hydrogen-bond acceptors (Lipinski definition) is 8. The lowest BCUT2D eigenvalue weighted by atomic mass is 10.1. The number of rotatable bonds is 7. The quantitative estimate of drug-likeness (QED) is 0.250. The minimum absolute atomic E-state index is 0.264. The molecule has 0 aliphatic heterocycles. The Hall–Kier alpha value is -0.970. The van der Waals surface area contributed by atoms with Crippen molar-refractivity contribution in [3.05, 3.63) is 0 Å². The minimum atomic E-state index is -4.12. The molecule has 7 nitrogen and oxygen atoms in total. The normalized spacial score (nSPS) is 17.1. The van der Waals surface area contributed by atoms with Gasteiger partial charge in [-0.1, -0.05) is 17.9 Å². The first kappa shape index (κ1) is 18.1. The maximum atomic E-state index is 13.0. The summed E-state index contributed by atoms with van der Waals surface area (Å²) in [4.78, 5) is 22.4. The van der Waals surface area contributed by atoms with E-state index in [4.69, 9.17) is 9.99 Å². The summed E-state index contributed by atoms with van der Waals surface area (Å²) in [5.74, 6) is -2.88. The van der Waals surface area contributed by atoms with Crippen LogP contribution in [0.2, 0.25) is 0 Å². The summed E-state index contributed by atoms with van der Waals surface area (Å²) in [6.45, 7) is -0.911. The van der Waals surface area contributed by atoms with Gasteiger partial charge in [0.2, 0.25) is 0 Å². The lowest BCUT2D eigenvalue weighted by molar-refractivity contribution is -0.433. The average Bonchev–Trinajstić information content (AvgIpc) is 2.71. The molecule has 0 heterocycles. The van der Waals surface area contributed by atoms with Gasteiger partial charge in [-0.3, -0.25) is 0 Å². The molecule has 1 aliphatic rings. The third-order valence-corrected chi connectivity index (χ3v) is 3.33. The molecule has 0 aromatic heterocycles. The predicted octanol–water partition coefficient (Wildman–Crippen LogP) is 2.46. The van der Waals surface area contributed by atoms with Crippen LogP contribution in [0.25, 0.3) is 0 Å².